The summed E-state index contributed by atoms with van der Waals surface area (Å²) in [4.78, 5) is 0. The number of amidine groups is 1. The molecule has 0 unspecified atom stereocenters. The van der Waals surface area contributed by atoms with Crippen molar-refractivity contribution in [2.45, 2.75) is 45.4 Å². The van der Waals surface area contributed by atoms with E-state index in [1.807, 2.05) is 0 Å². The Labute approximate surface area is 101 Å². The van der Waals surface area contributed by atoms with Crippen LogP contribution < -0.4 is 5.73 Å². The lowest BCUT2D eigenvalue weighted by Gasteiger charge is -1.99. The minimum atomic E-state index is 0. The van der Waals surface area contributed by atoms with E-state index in [2.05, 4.69) is 6.92 Å². The maximum absolute atomic E-state index is 6.99. The van der Waals surface area contributed by atoms with E-state index in [0.717, 1.165) is 5.75 Å². The number of hydrogen-bond acceptors (Lipinski definition) is 3. The van der Waals surface area contributed by atoms with E-state index < -0.39 is 0 Å². The fourth-order valence-electron chi connectivity index (χ4n) is 1.05. The van der Waals surface area contributed by atoms with Gasteiger partial charge in [-0.25, -0.2) is 0 Å². The van der Waals surface area contributed by atoms with Crippen molar-refractivity contribution in [1.82, 2.24) is 0 Å². The summed E-state index contributed by atoms with van der Waals surface area (Å²) in [6, 6.07) is 0. The fourth-order valence-corrected chi connectivity index (χ4v) is 2.56. The topological polar surface area (TPSA) is 49.9 Å². The summed E-state index contributed by atoms with van der Waals surface area (Å²) >= 11 is 0. The van der Waals surface area contributed by atoms with Gasteiger partial charge in [0.15, 0.2) is 5.17 Å². The van der Waals surface area contributed by atoms with E-state index in [-0.39, 0.29) is 17.6 Å². The number of unbranched alkanes of at least 4 members (excludes halogenated alkanes) is 5. The van der Waals surface area contributed by atoms with E-state index in [1.165, 1.54) is 49.3 Å². The Hall–Kier alpha value is 0.460. The van der Waals surface area contributed by atoms with Crippen LogP contribution in [-0.2, 0) is 0 Å². The van der Waals surface area contributed by atoms with Crippen molar-refractivity contribution >= 4 is 39.2 Å². The molecule has 0 saturated carbocycles. The Balaban J connectivity index is 0. The van der Waals surface area contributed by atoms with Gasteiger partial charge in [-0.15, -0.1) is 12.4 Å². The van der Waals surface area contributed by atoms with Gasteiger partial charge in [-0.3, -0.25) is 5.41 Å². The highest BCUT2D eigenvalue weighted by Crippen LogP contribution is 2.22. The Morgan fingerprint density at radius 1 is 1.14 bits per heavy atom. The highest BCUT2D eigenvalue weighted by Gasteiger charge is 1.93. The molecule has 0 aromatic rings. The van der Waals surface area contributed by atoms with Crippen LogP contribution in [0.2, 0.25) is 0 Å². The summed E-state index contributed by atoms with van der Waals surface area (Å²) in [6.45, 7) is 2.24. The van der Waals surface area contributed by atoms with E-state index >= 15 is 0 Å². The molecule has 0 aromatic heterocycles. The minimum Gasteiger partial charge on any atom is -0.378 e. The highest BCUT2D eigenvalue weighted by molar-refractivity contribution is 8.82. The first-order chi connectivity index (χ1) is 6.27. The molecule has 0 aromatic carbocycles. The van der Waals surface area contributed by atoms with Crippen LogP contribution in [0.4, 0.5) is 0 Å². The van der Waals surface area contributed by atoms with Crippen molar-refractivity contribution in [2.24, 2.45) is 5.73 Å². The maximum atomic E-state index is 6.99. The summed E-state index contributed by atoms with van der Waals surface area (Å²) in [7, 11) is 3.07. The molecule has 2 nitrogen and oxygen atoms in total. The molecule has 0 amide bonds. The molecule has 5 heteroatoms. The molecule has 0 aliphatic heterocycles. The van der Waals surface area contributed by atoms with Gasteiger partial charge in [-0.2, -0.15) is 0 Å². The van der Waals surface area contributed by atoms with Gasteiger partial charge in [0, 0.05) is 5.75 Å². The molecule has 3 N–H and O–H groups in total. The van der Waals surface area contributed by atoms with Crippen molar-refractivity contribution in [3.05, 3.63) is 0 Å². The normalized spacial score (nSPS) is 9.50. The van der Waals surface area contributed by atoms with Crippen molar-refractivity contribution in [3.63, 3.8) is 0 Å². The Morgan fingerprint density at radius 2 is 1.71 bits per heavy atom. The molecule has 0 spiro atoms. The first-order valence-corrected chi connectivity index (χ1v) is 7.22. The Bertz CT molecular complexity index is 134. The van der Waals surface area contributed by atoms with Crippen LogP contribution in [0.3, 0.4) is 0 Å². The minimum absolute atomic E-state index is 0. The molecule has 14 heavy (non-hydrogen) atoms. The lowest BCUT2D eigenvalue weighted by atomic mass is 10.1. The van der Waals surface area contributed by atoms with E-state index in [0.29, 0.717) is 0 Å². The van der Waals surface area contributed by atoms with Gasteiger partial charge < -0.3 is 5.73 Å². The van der Waals surface area contributed by atoms with Gasteiger partial charge in [0.25, 0.3) is 0 Å². The molecule has 0 rings (SSSR count). The standard InChI is InChI=1S/C9H20N2S2.ClH/c1-2-3-4-5-6-7-8-12-13-9(10)11;/h2-8H2,1H3,(H3,10,11);1H. The van der Waals surface area contributed by atoms with Crippen LogP contribution >= 0.6 is 34.0 Å². The summed E-state index contributed by atoms with van der Waals surface area (Å²) < 4.78 is 0. The second-order valence-corrected chi connectivity index (χ2v) is 5.49. The van der Waals surface area contributed by atoms with Crippen molar-refractivity contribution in [1.29, 1.82) is 5.41 Å². The largest absolute Gasteiger partial charge is 0.378 e. The van der Waals surface area contributed by atoms with E-state index in [1.54, 1.807) is 10.8 Å². The molecule has 0 aliphatic carbocycles. The molecule has 0 aliphatic rings. The highest BCUT2D eigenvalue weighted by atomic mass is 35.5. The Kier molecular flexibility index (Phi) is 16.2. The first-order valence-electron chi connectivity index (χ1n) is 4.91. The molecule has 0 fully saturated rings. The van der Waals surface area contributed by atoms with Crippen LogP contribution in [0.1, 0.15) is 45.4 Å². The van der Waals surface area contributed by atoms with Crippen molar-refractivity contribution in [2.75, 3.05) is 5.75 Å². The molecule has 0 radical (unpaired) electrons. The third-order valence-electron chi connectivity index (χ3n) is 1.73. The lowest BCUT2D eigenvalue weighted by molar-refractivity contribution is 0.627. The zero-order chi connectivity index (χ0) is 9.94. The van der Waals surface area contributed by atoms with Gasteiger partial charge in [0.05, 0.1) is 0 Å². The number of hydrogen-bond donors (Lipinski definition) is 2. The zero-order valence-electron chi connectivity index (χ0n) is 8.75. The predicted molar refractivity (Wildman–Crippen MR) is 72.6 cm³/mol. The summed E-state index contributed by atoms with van der Waals surface area (Å²) in [5.41, 5.74) is 5.20. The quantitative estimate of drug-likeness (QED) is 0.298. The molecule has 0 saturated heterocycles. The van der Waals surface area contributed by atoms with E-state index in [4.69, 9.17) is 11.1 Å². The molecular formula is C9H21ClN2S2. The lowest BCUT2D eigenvalue weighted by Crippen LogP contribution is -2.01. The second-order valence-electron chi connectivity index (χ2n) is 3.04. The van der Waals surface area contributed by atoms with Gasteiger partial charge in [0.2, 0.25) is 0 Å². The number of nitrogens with one attached hydrogen (secondary N) is 1. The van der Waals surface area contributed by atoms with Crippen molar-refractivity contribution < 1.29 is 0 Å². The van der Waals surface area contributed by atoms with Crippen LogP contribution in [0.25, 0.3) is 0 Å². The average Bonchev–Trinajstić information content (AvgIpc) is 2.09. The number of rotatable bonds is 8. The fraction of sp³-hybridized carbons (Fsp3) is 0.889. The summed E-state index contributed by atoms with van der Waals surface area (Å²) in [5.74, 6) is 1.12. The zero-order valence-corrected chi connectivity index (χ0v) is 11.2. The number of nitrogens with two attached hydrogens (primary N) is 1. The smallest absolute Gasteiger partial charge is 0.161 e. The van der Waals surface area contributed by atoms with Crippen LogP contribution in [0.5, 0.6) is 0 Å². The molecule has 0 heterocycles. The van der Waals surface area contributed by atoms with Gasteiger partial charge in [0.1, 0.15) is 0 Å². The summed E-state index contributed by atoms with van der Waals surface area (Å²) in [6.07, 6.45) is 8.00. The van der Waals surface area contributed by atoms with Crippen LogP contribution in [0.15, 0.2) is 0 Å². The van der Waals surface area contributed by atoms with Crippen molar-refractivity contribution in [3.8, 4) is 0 Å². The van der Waals surface area contributed by atoms with Gasteiger partial charge >= 0.3 is 0 Å². The second kappa shape index (κ2) is 13.5. The first kappa shape index (κ1) is 16.9. The maximum Gasteiger partial charge on any atom is 0.161 e. The molecule has 86 valence electrons. The van der Waals surface area contributed by atoms with Gasteiger partial charge in [-0.1, -0.05) is 49.8 Å². The Morgan fingerprint density at radius 3 is 2.29 bits per heavy atom. The SMILES string of the molecule is CCCCCCCCSSC(=N)N.Cl. The third kappa shape index (κ3) is 15.0. The predicted octanol–water partition coefficient (Wildman–Crippen LogP) is 4.04. The van der Waals surface area contributed by atoms with E-state index in [9.17, 15) is 0 Å². The molecule has 0 bridgehead atoms. The average molecular weight is 257 g/mol. The van der Waals surface area contributed by atoms with Gasteiger partial charge in [-0.05, 0) is 17.2 Å². The third-order valence-corrected chi connectivity index (χ3v) is 3.87. The molecule has 0 atom stereocenters. The monoisotopic (exact) mass is 256 g/mol. The van der Waals surface area contributed by atoms with Crippen LogP contribution in [0, 0.1) is 5.41 Å². The summed E-state index contributed by atoms with van der Waals surface area (Å²) in [5, 5.41) is 7.20. The molecular weight excluding hydrogens is 236 g/mol. The van der Waals surface area contributed by atoms with Crippen LogP contribution in [-0.4, -0.2) is 10.9 Å². The number of halogens is 1.